The largest absolute Gasteiger partial charge is 0.416 e. The summed E-state index contributed by atoms with van der Waals surface area (Å²) in [6.07, 6.45) is -4.48. The normalized spacial score (nSPS) is 15.7. The Balaban J connectivity index is 1.47. The van der Waals surface area contributed by atoms with Crippen molar-refractivity contribution in [3.8, 4) is 5.69 Å². The molecule has 1 atom stereocenters. The van der Waals surface area contributed by atoms with Gasteiger partial charge in [-0.2, -0.15) is 18.3 Å². The number of para-hydroxylation sites is 3. The molecule has 5 aromatic rings. The molecule has 2 aliphatic heterocycles. The Labute approximate surface area is 248 Å². The first-order valence-electron chi connectivity index (χ1n) is 13.2. The second-order valence-electron chi connectivity index (χ2n) is 9.99. The van der Waals surface area contributed by atoms with Crippen molar-refractivity contribution in [2.75, 3.05) is 10.2 Å². The molecular formula is C32H22BrF3N6. The molecule has 1 N–H and O–H groups in total. The van der Waals surface area contributed by atoms with Crippen LogP contribution < -0.4 is 10.2 Å². The number of alkyl halides is 3. The van der Waals surface area contributed by atoms with Crippen LogP contribution in [0.4, 0.5) is 36.1 Å². The van der Waals surface area contributed by atoms with E-state index in [1.54, 1.807) is 6.07 Å². The zero-order chi connectivity index (χ0) is 29.0. The van der Waals surface area contributed by atoms with Gasteiger partial charge in [0.2, 0.25) is 0 Å². The number of anilines is 2. The van der Waals surface area contributed by atoms with Gasteiger partial charge in [0.05, 0.1) is 34.4 Å². The van der Waals surface area contributed by atoms with E-state index in [1.807, 2.05) is 78.3 Å². The average Bonchev–Trinajstić information content (AvgIpc) is 3.32. The predicted octanol–water partition coefficient (Wildman–Crippen LogP) is 8.76. The molecule has 0 amide bonds. The van der Waals surface area contributed by atoms with Crippen molar-refractivity contribution in [3.63, 3.8) is 0 Å². The molecule has 6 nitrogen and oxygen atoms in total. The molecule has 4 aromatic carbocycles. The lowest BCUT2D eigenvalue weighted by atomic mass is 9.93. The molecule has 7 rings (SSSR count). The van der Waals surface area contributed by atoms with Crippen LogP contribution >= 0.6 is 15.9 Å². The van der Waals surface area contributed by atoms with Crippen LogP contribution in [0.5, 0.6) is 0 Å². The number of halogens is 4. The summed E-state index contributed by atoms with van der Waals surface area (Å²) in [4.78, 5) is 12.1. The molecule has 0 radical (unpaired) electrons. The molecule has 42 heavy (non-hydrogen) atoms. The topological polar surface area (TPSA) is 57.8 Å². The maximum atomic E-state index is 13.6. The number of aromatic nitrogens is 2. The van der Waals surface area contributed by atoms with E-state index in [1.165, 1.54) is 6.07 Å². The summed E-state index contributed by atoms with van der Waals surface area (Å²) in [5, 5.41) is 8.06. The highest BCUT2D eigenvalue weighted by Crippen LogP contribution is 2.48. The average molecular weight is 627 g/mol. The van der Waals surface area contributed by atoms with Crippen molar-refractivity contribution in [1.82, 2.24) is 9.78 Å². The summed E-state index contributed by atoms with van der Waals surface area (Å²) in [6.45, 7) is 1.97. The van der Waals surface area contributed by atoms with Gasteiger partial charge in [0, 0.05) is 15.7 Å². The number of hydrogen-bond donors (Lipinski definition) is 1. The number of nitrogens with zero attached hydrogens (tertiary/aromatic N) is 5. The van der Waals surface area contributed by atoms with Gasteiger partial charge < -0.3 is 10.2 Å². The Hall–Kier alpha value is -4.70. The summed E-state index contributed by atoms with van der Waals surface area (Å²) in [6, 6.07) is 30.2. The fraction of sp³-hybridized carbons (Fsp3) is 0.0938. The molecule has 1 aromatic heterocycles. The number of hydrogen-bond acceptors (Lipinski definition) is 5. The molecule has 0 spiro atoms. The molecule has 0 aliphatic carbocycles. The quantitative estimate of drug-likeness (QED) is 0.218. The Bertz CT molecular complexity index is 1890. The van der Waals surface area contributed by atoms with Crippen molar-refractivity contribution in [2.45, 2.75) is 19.1 Å². The van der Waals surface area contributed by atoms with Gasteiger partial charge in [0.25, 0.3) is 0 Å². The smallest absolute Gasteiger partial charge is 0.337 e. The van der Waals surface area contributed by atoms with E-state index in [4.69, 9.17) is 15.1 Å². The van der Waals surface area contributed by atoms with Crippen LogP contribution in [0.25, 0.3) is 5.69 Å². The maximum absolute atomic E-state index is 13.6. The lowest BCUT2D eigenvalue weighted by molar-refractivity contribution is -0.137. The highest BCUT2D eigenvalue weighted by molar-refractivity contribution is 9.10. The molecule has 10 heteroatoms. The predicted molar refractivity (Wildman–Crippen MR) is 162 cm³/mol. The van der Waals surface area contributed by atoms with Gasteiger partial charge in [-0.15, -0.1) is 0 Å². The van der Waals surface area contributed by atoms with Crippen LogP contribution in [-0.2, 0) is 6.18 Å². The van der Waals surface area contributed by atoms with Crippen LogP contribution in [0.2, 0.25) is 0 Å². The van der Waals surface area contributed by atoms with Gasteiger partial charge in [0.15, 0.2) is 17.5 Å². The van der Waals surface area contributed by atoms with E-state index in [0.717, 1.165) is 44.8 Å². The van der Waals surface area contributed by atoms with Gasteiger partial charge in [-0.05, 0) is 67.1 Å². The van der Waals surface area contributed by atoms with Crippen LogP contribution in [-0.4, -0.2) is 21.5 Å². The molecule has 3 heterocycles. The molecule has 2 aliphatic rings. The monoisotopic (exact) mass is 626 g/mol. The van der Waals surface area contributed by atoms with Crippen molar-refractivity contribution in [1.29, 1.82) is 0 Å². The number of nitrogens with one attached hydrogen (secondary N) is 1. The van der Waals surface area contributed by atoms with Crippen molar-refractivity contribution in [2.24, 2.45) is 9.98 Å². The van der Waals surface area contributed by atoms with Crippen molar-refractivity contribution < 1.29 is 13.2 Å². The summed E-state index contributed by atoms with van der Waals surface area (Å²) >= 11 is 3.63. The van der Waals surface area contributed by atoms with E-state index < -0.39 is 11.7 Å². The third kappa shape index (κ3) is 4.48. The van der Waals surface area contributed by atoms with E-state index in [-0.39, 0.29) is 11.7 Å². The van der Waals surface area contributed by atoms with Gasteiger partial charge in [-0.25, -0.2) is 14.7 Å². The zero-order valence-electron chi connectivity index (χ0n) is 22.1. The summed E-state index contributed by atoms with van der Waals surface area (Å²) < 4.78 is 43.4. The van der Waals surface area contributed by atoms with Gasteiger partial charge in [0.1, 0.15) is 0 Å². The van der Waals surface area contributed by atoms with Crippen LogP contribution in [0.15, 0.2) is 118 Å². The molecule has 208 valence electrons. The number of aliphatic imine (C=N–C) groups is 2. The van der Waals surface area contributed by atoms with Crippen LogP contribution in [0, 0.1) is 6.92 Å². The standard InChI is InChI=1S/C32H22BrF3N6/c1-19-27-28(20-9-7-11-22(33)17-20)41-26-16-6-5-15-25(26)38-29(37-23-12-8-10-21(18-23)32(34,35)36)31(41)39-30(27)42(40-19)24-13-3-2-4-14-24/h2-18,28H,1H3,(H,37,38). The fourth-order valence-electron chi connectivity index (χ4n) is 5.45. The first-order valence-corrected chi connectivity index (χ1v) is 14.0. The SMILES string of the molecule is Cc1nn(-c2ccccc2)c2c1C(c1cccc(Br)c1)N1C(=N2)C(Nc2cccc(C(F)(F)F)c2)=Nc2ccccc21. The van der Waals surface area contributed by atoms with Crippen molar-refractivity contribution in [3.05, 3.63) is 130 Å². The Morgan fingerprint density at radius 3 is 2.38 bits per heavy atom. The first kappa shape index (κ1) is 26.2. The van der Waals surface area contributed by atoms with Gasteiger partial charge >= 0.3 is 6.18 Å². The summed E-state index contributed by atoms with van der Waals surface area (Å²) in [5.41, 5.74) is 4.57. The third-order valence-electron chi connectivity index (χ3n) is 7.26. The number of fused-ring (bicyclic) bond motifs is 4. The second-order valence-corrected chi connectivity index (χ2v) is 10.9. The molecule has 0 bridgehead atoms. The van der Waals surface area contributed by atoms with Gasteiger partial charge in [-0.3, -0.25) is 0 Å². The Kier molecular flexibility index (Phi) is 6.23. The van der Waals surface area contributed by atoms with Crippen molar-refractivity contribution >= 4 is 50.5 Å². The minimum absolute atomic E-state index is 0.253. The third-order valence-corrected chi connectivity index (χ3v) is 7.75. The van der Waals surface area contributed by atoms with Gasteiger partial charge in [-0.1, -0.05) is 64.5 Å². The summed E-state index contributed by atoms with van der Waals surface area (Å²) in [5.74, 6) is 1.44. The fourth-order valence-corrected chi connectivity index (χ4v) is 5.87. The number of benzene rings is 4. The molecule has 1 unspecified atom stereocenters. The minimum atomic E-state index is -4.48. The minimum Gasteiger partial charge on any atom is -0.337 e. The highest BCUT2D eigenvalue weighted by Gasteiger charge is 2.41. The molecular weight excluding hydrogens is 605 g/mol. The molecule has 0 fully saturated rings. The van der Waals surface area contributed by atoms with E-state index in [9.17, 15) is 13.2 Å². The second kappa shape index (κ2) is 9.99. The van der Waals surface area contributed by atoms with Crippen LogP contribution in [0.1, 0.15) is 28.4 Å². The highest BCUT2D eigenvalue weighted by atomic mass is 79.9. The lowest BCUT2D eigenvalue weighted by Crippen LogP contribution is -2.46. The number of rotatable bonds is 3. The molecule has 0 saturated heterocycles. The van der Waals surface area contributed by atoms with E-state index in [0.29, 0.717) is 23.2 Å². The number of amidine groups is 2. The Morgan fingerprint density at radius 2 is 1.60 bits per heavy atom. The molecule has 0 saturated carbocycles. The van der Waals surface area contributed by atoms with E-state index >= 15 is 0 Å². The number of aryl methyl sites for hydroxylation is 1. The maximum Gasteiger partial charge on any atom is 0.416 e. The summed E-state index contributed by atoms with van der Waals surface area (Å²) in [7, 11) is 0. The van der Waals surface area contributed by atoms with Crippen LogP contribution in [0.3, 0.4) is 0 Å². The first-order chi connectivity index (χ1) is 20.3. The van der Waals surface area contributed by atoms with E-state index in [2.05, 4.69) is 38.3 Å². The lowest BCUT2D eigenvalue weighted by Gasteiger charge is -2.40. The zero-order valence-corrected chi connectivity index (χ0v) is 23.7. The Morgan fingerprint density at radius 1 is 0.833 bits per heavy atom.